The number of rotatable bonds is 22. The molecule has 0 spiro atoms. The first kappa shape index (κ1) is 56.1. The van der Waals surface area contributed by atoms with E-state index >= 15 is 0 Å². The largest absolute Gasteiger partial charge is 0.473 e. The number of nitrogens with zero attached hydrogens (tertiary/aromatic N) is 6. The number of carbonyl (C=O) groups excluding carboxylic acids is 2. The highest BCUT2D eigenvalue weighted by Gasteiger charge is 2.43. The Morgan fingerprint density at radius 3 is 1.14 bits per heavy atom. The van der Waals surface area contributed by atoms with Gasteiger partial charge >= 0.3 is 11.9 Å². The maximum Gasteiger partial charge on any atom is 0.414 e. The topological polar surface area (TPSA) is 254 Å². The van der Waals surface area contributed by atoms with Crippen molar-refractivity contribution in [2.45, 2.75) is 76.0 Å². The highest BCUT2D eigenvalue weighted by molar-refractivity contribution is 6.27. The van der Waals surface area contributed by atoms with E-state index < -0.39 is 23.0 Å². The zero-order valence-corrected chi connectivity index (χ0v) is 41.9. The first-order chi connectivity index (χ1) is 36.0. The predicted octanol–water partition coefficient (Wildman–Crippen LogP) is 5.32. The van der Waals surface area contributed by atoms with Crippen molar-refractivity contribution in [1.82, 2.24) is 40.8 Å². The number of benzene rings is 4. The number of aromatic nitrogens is 4. The van der Waals surface area contributed by atoms with E-state index in [1.54, 1.807) is 14.2 Å². The first-order valence-electron chi connectivity index (χ1n) is 24.5. The number of carboxylic acid groups (broad SMARTS) is 2. The van der Waals surface area contributed by atoms with E-state index in [-0.39, 0.29) is 38.2 Å². The van der Waals surface area contributed by atoms with Gasteiger partial charge in [-0.2, -0.15) is 0 Å². The quantitative estimate of drug-likeness (QED) is 0.0628. The van der Waals surface area contributed by atoms with Gasteiger partial charge in [0.25, 0.3) is 0 Å². The van der Waals surface area contributed by atoms with Crippen LogP contribution in [0.5, 0.6) is 0 Å². The molecule has 6 aromatic rings. The molecular weight excluding hydrogens is 953 g/mol. The molecule has 2 aliphatic rings. The number of nitrogens with one attached hydrogen (secondary N) is 2. The third-order valence-electron chi connectivity index (χ3n) is 12.5. The molecule has 4 N–H and O–H groups in total. The number of methoxy groups -OCH3 is 2. The van der Waals surface area contributed by atoms with Crippen LogP contribution in [-0.4, -0.2) is 131 Å². The van der Waals surface area contributed by atoms with E-state index in [1.807, 2.05) is 72.8 Å². The summed E-state index contributed by atoms with van der Waals surface area (Å²) in [5.74, 6) is -2.38. The minimum atomic E-state index is -1.82. The van der Waals surface area contributed by atoms with Gasteiger partial charge in [0.05, 0.1) is 13.2 Å². The van der Waals surface area contributed by atoms with Crippen molar-refractivity contribution < 1.29 is 57.2 Å². The summed E-state index contributed by atoms with van der Waals surface area (Å²) in [5, 5.41) is 37.8. The molecule has 2 amide bonds. The molecule has 0 unspecified atom stereocenters. The number of hydrogen-bond acceptors (Lipinski definition) is 16. The van der Waals surface area contributed by atoms with Crippen molar-refractivity contribution in [3.05, 3.63) is 167 Å². The number of piperidine rings is 2. The molecule has 20 heteroatoms. The monoisotopic (exact) mass is 1020 g/mol. The molecule has 4 aromatic carbocycles. The zero-order valence-electron chi connectivity index (χ0n) is 41.9. The second kappa shape index (κ2) is 29.5. The highest BCUT2D eigenvalue weighted by atomic mass is 16.5. The summed E-state index contributed by atoms with van der Waals surface area (Å²) in [5.41, 5.74) is 3.27. The standard InChI is InChI=1S/2C26H32N4O4.C2H2O4/c2*1-32-20-24-28-29-25(34-24)26(27-23(31)19-33-18-22-10-6-3-7-11-22)13-16-30(17-14-26)15-12-21-8-4-2-5-9-21;3-1(4)2(5)6/h2*2-11H,12-20H2,1H3,(H,27,31);(H,3,4)(H,5,6). The number of hydrogen-bond donors (Lipinski definition) is 4. The molecule has 74 heavy (non-hydrogen) atoms. The van der Waals surface area contributed by atoms with E-state index in [1.165, 1.54) is 11.1 Å². The Morgan fingerprint density at radius 2 is 0.824 bits per heavy atom. The molecule has 394 valence electrons. The van der Waals surface area contributed by atoms with Crippen LogP contribution in [0.25, 0.3) is 0 Å². The molecule has 0 aliphatic carbocycles. The minimum absolute atomic E-state index is 0.0343. The minimum Gasteiger partial charge on any atom is -0.473 e. The van der Waals surface area contributed by atoms with Crippen molar-refractivity contribution >= 4 is 23.8 Å². The van der Waals surface area contributed by atoms with Gasteiger partial charge < -0.3 is 58.4 Å². The molecule has 20 nitrogen and oxygen atoms in total. The van der Waals surface area contributed by atoms with Crippen molar-refractivity contribution in [1.29, 1.82) is 0 Å². The van der Waals surface area contributed by atoms with Gasteiger partial charge in [0.1, 0.15) is 37.5 Å². The normalized spacial score (nSPS) is 15.1. The Balaban J connectivity index is 0.000000217. The number of amides is 2. The second-order valence-corrected chi connectivity index (χ2v) is 17.9. The van der Waals surface area contributed by atoms with E-state index in [9.17, 15) is 9.59 Å². The lowest BCUT2D eigenvalue weighted by atomic mass is 9.87. The van der Waals surface area contributed by atoms with Crippen LogP contribution < -0.4 is 10.6 Å². The summed E-state index contributed by atoms with van der Waals surface area (Å²) in [4.78, 5) is 48.7. The highest BCUT2D eigenvalue weighted by Crippen LogP contribution is 2.34. The van der Waals surface area contributed by atoms with Crippen molar-refractivity contribution in [3.8, 4) is 0 Å². The van der Waals surface area contributed by atoms with Crippen molar-refractivity contribution in [3.63, 3.8) is 0 Å². The summed E-state index contributed by atoms with van der Waals surface area (Å²) in [6, 6.07) is 40.6. The average Bonchev–Trinajstić information content (AvgIpc) is 4.12. The summed E-state index contributed by atoms with van der Waals surface area (Å²) < 4.78 is 33.3. The lowest BCUT2D eigenvalue weighted by Crippen LogP contribution is -2.54. The third kappa shape index (κ3) is 18.1. The molecular formula is C54H66N8O12. The van der Waals surface area contributed by atoms with Gasteiger partial charge in [-0.15, -0.1) is 20.4 Å². The van der Waals surface area contributed by atoms with Crippen LogP contribution in [0.1, 0.15) is 71.5 Å². The Hall–Kier alpha value is -7.20. The first-order valence-corrected chi connectivity index (χ1v) is 24.5. The number of likely N-dealkylation sites (tertiary alicyclic amines) is 2. The van der Waals surface area contributed by atoms with Gasteiger partial charge in [-0.25, -0.2) is 9.59 Å². The average molecular weight is 1020 g/mol. The Morgan fingerprint density at radius 1 is 0.500 bits per heavy atom. The molecule has 0 atom stereocenters. The van der Waals surface area contributed by atoms with Crippen molar-refractivity contribution in [2.75, 3.05) is 66.7 Å². The summed E-state index contributed by atoms with van der Waals surface area (Å²) >= 11 is 0. The van der Waals surface area contributed by atoms with E-state index in [0.29, 0.717) is 62.5 Å². The van der Waals surface area contributed by atoms with E-state index in [2.05, 4.69) is 89.4 Å². The van der Waals surface area contributed by atoms with Crippen LogP contribution in [0.4, 0.5) is 0 Å². The third-order valence-corrected chi connectivity index (χ3v) is 12.5. The summed E-state index contributed by atoms with van der Waals surface area (Å²) in [7, 11) is 3.16. The van der Waals surface area contributed by atoms with Crippen LogP contribution in [-0.2, 0) is 88.5 Å². The lowest BCUT2D eigenvalue weighted by molar-refractivity contribution is -0.159. The van der Waals surface area contributed by atoms with Crippen molar-refractivity contribution in [2.24, 2.45) is 0 Å². The van der Waals surface area contributed by atoms with Crippen LogP contribution in [0.15, 0.2) is 130 Å². The van der Waals surface area contributed by atoms with Gasteiger partial charge in [-0.1, -0.05) is 121 Å². The molecule has 0 radical (unpaired) electrons. The molecule has 2 saturated heterocycles. The zero-order chi connectivity index (χ0) is 52.4. The Bertz CT molecular complexity index is 2410. The fourth-order valence-electron chi connectivity index (χ4n) is 8.50. The van der Waals surface area contributed by atoms with Crippen LogP contribution in [0.2, 0.25) is 0 Å². The smallest absolute Gasteiger partial charge is 0.414 e. The molecule has 0 bridgehead atoms. The molecule has 8 rings (SSSR count). The van der Waals surface area contributed by atoms with Gasteiger partial charge in [-0.3, -0.25) is 9.59 Å². The molecule has 2 aliphatic heterocycles. The maximum absolute atomic E-state index is 12.8. The molecule has 2 fully saturated rings. The number of aliphatic carboxylic acids is 2. The second-order valence-electron chi connectivity index (χ2n) is 17.9. The number of carbonyl (C=O) groups is 4. The Labute approximate surface area is 430 Å². The fourth-order valence-corrected chi connectivity index (χ4v) is 8.50. The summed E-state index contributed by atoms with van der Waals surface area (Å²) in [6.45, 7) is 6.38. The lowest BCUT2D eigenvalue weighted by Gasteiger charge is -2.40. The SMILES string of the molecule is COCc1nnc(C2(NC(=O)COCc3ccccc3)CCN(CCc3ccccc3)CC2)o1.COCc1nnc(C2(NC(=O)COCc3ccccc3)CCN(CCc3ccccc3)CC2)o1.O=C(O)C(=O)O. The van der Waals surface area contributed by atoms with E-state index in [0.717, 1.165) is 63.2 Å². The van der Waals surface area contributed by atoms with Crippen LogP contribution in [0, 0.1) is 0 Å². The fraction of sp³-hybridized carbons (Fsp3) is 0.407. The van der Waals surface area contributed by atoms with Gasteiger partial charge in [0.2, 0.25) is 35.4 Å². The molecule has 4 heterocycles. The Kier molecular flexibility index (Phi) is 22.4. The molecule has 2 aromatic heterocycles. The maximum atomic E-state index is 12.8. The van der Waals surface area contributed by atoms with Gasteiger partial charge in [0, 0.05) is 53.5 Å². The van der Waals surface area contributed by atoms with Crippen LogP contribution in [0.3, 0.4) is 0 Å². The molecule has 0 saturated carbocycles. The summed E-state index contributed by atoms with van der Waals surface area (Å²) in [6.07, 6.45) is 4.71. The number of carboxylic acids is 2. The predicted molar refractivity (Wildman–Crippen MR) is 269 cm³/mol. The van der Waals surface area contributed by atoms with Gasteiger partial charge in [0.15, 0.2) is 0 Å². The van der Waals surface area contributed by atoms with Crippen LogP contribution >= 0.6 is 0 Å². The van der Waals surface area contributed by atoms with Gasteiger partial charge in [-0.05, 0) is 60.8 Å². The number of ether oxygens (including phenoxy) is 4. The van der Waals surface area contributed by atoms with E-state index in [4.69, 9.17) is 47.6 Å².